The van der Waals surface area contributed by atoms with Crippen LogP contribution in [-0.4, -0.2) is 13.2 Å². The van der Waals surface area contributed by atoms with Crippen LogP contribution < -0.4 is 9.47 Å². The van der Waals surface area contributed by atoms with Crippen molar-refractivity contribution in [1.82, 2.24) is 0 Å². The van der Waals surface area contributed by atoms with Crippen molar-refractivity contribution in [1.29, 1.82) is 0 Å². The van der Waals surface area contributed by atoms with E-state index >= 15 is 0 Å². The number of para-hydroxylation sites is 2. The molecule has 0 aromatic heterocycles. The molecule has 0 aliphatic carbocycles. The van der Waals surface area contributed by atoms with Gasteiger partial charge in [0.25, 0.3) is 0 Å². The Hall–Kier alpha value is -1.96. The van der Waals surface area contributed by atoms with E-state index in [-0.39, 0.29) is 0 Å². The van der Waals surface area contributed by atoms with Crippen LogP contribution in [-0.2, 0) is 0 Å². The van der Waals surface area contributed by atoms with Gasteiger partial charge in [0.1, 0.15) is 24.7 Å². The summed E-state index contributed by atoms with van der Waals surface area (Å²) in [6.45, 7) is 9.82. The summed E-state index contributed by atoms with van der Waals surface area (Å²) >= 11 is 0. The molecule has 0 spiro atoms. The number of ether oxygens (including phenoxy) is 2. The Bertz CT molecular complexity index is 534. The van der Waals surface area contributed by atoms with Crippen molar-refractivity contribution in [2.24, 2.45) is 0 Å². The van der Waals surface area contributed by atoms with Gasteiger partial charge in [-0.3, -0.25) is 0 Å². The quantitative estimate of drug-likeness (QED) is 0.638. The third-order valence-corrected chi connectivity index (χ3v) is 3.68. The van der Waals surface area contributed by atoms with Crippen molar-refractivity contribution in [2.45, 2.75) is 39.5 Å². The van der Waals surface area contributed by atoms with E-state index in [9.17, 15) is 0 Å². The molecule has 0 N–H and O–H groups in total. The largest absolute Gasteiger partial charge is 0.490 e. The topological polar surface area (TPSA) is 18.5 Å². The van der Waals surface area contributed by atoms with E-state index < -0.39 is 0 Å². The van der Waals surface area contributed by atoms with Crippen LogP contribution in [0.3, 0.4) is 0 Å². The van der Waals surface area contributed by atoms with Crippen LogP contribution in [0.15, 0.2) is 48.5 Å². The SMILES string of the molecule is CC(C)c1ccccc1OCCOc1ccccc1C(C)C. The zero-order chi connectivity index (χ0) is 15.9. The summed E-state index contributed by atoms with van der Waals surface area (Å²) in [6.07, 6.45) is 0. The van der Waals surface area contributed by atoms with E-state index in [4.69, 9.17) is 9.47 Å². The lowest BCUT2D eigenvalue weighted by molar-refractivity contribution is 0.214. The first-order chi connectivity index (χ1) is 10.6. The third kappa shape index (κ3) is 4.27. The van der Waals surface area contributed by atoms with Crippen LogP contribution in [0.2, 0.25) is 0 Å². The lowest BCUT2D eigenvalue weighted by Gasteiger charge is -2.16. The molecule has 0 aliphatic rings. The molecule has 0 aliphatic heterocycles. The number of hydrogen-bond donors (Lipinski definition) is 0. The van der Waals surface area contributed by atoms with Gasteiger partial charge >= 0.3 is 0 Å². The minimum Gasteiger partial charge on any atom is -0.490 e. The highest BCUT2D eigenvalue weighted by Crippen LogP contribution is 2.27. The molecule has 2 aromatic rings. The van der Waals surface area contributed by atoms with Gasteiger partial charge in [0.05, 0.1) is 0 Å². The van der Waals surface area contributed by atoms with Crippen molar-refractivity contribution in [3.05, 3.63) is 59.7 Å². The second kappa shape index (κ2) is 7.88. The normalized spacial score (nSPS) is 11.0. The van der Waals surface area contributed by atoms with Gasteiger partial charge in [0.15, 0.2) is 0 Å². The molecule has 118 valence electrons. The Morgan fingerprint density at radius 1 is 0.636 bits per heavy atom. The van der Waals surface area contributed by atoms with Crippen LogP contribution in [0, 0.1) is 0 Å². The smallest absolute Gasteiger partial charge is 0.122 e. The van der Waals surface area contributed by atoms with E-state index in [0.717, 1.165) is 11.5 Å². The maximum atomic E-state index is 5.90. The molecule has 0 unspecified atom stereocenters. The molecule has 0 saturated carbocycles. The second-order valence-corrected chi connectivity index (χ2v) is 6.08. The van der Waals surface area contributed by atoms with E-state index in [1.165, 1.54) is 11.1 Å². The fourth-order valence-electron chi connectivity index (χ4n) is 2.48. The summed E-state index contributed by atoms with van der Waals surface area (Å²) in [5.74, 6) is 2.83. The van der Waals surface area contributed by atoms with Crippen LogP contribution in [0.25, 0.3) is 0 Å². The first-order valence-corrected chi connectivity index (χ1v) is 8.03. The number of benzene rings is 2. The minimum atomic E-state index is 0.457. The average molecular weight is 298 g/mol. The Balaban J connectivity index is 1.91. The van der Waals surface area contributed by atoms with Gasteiger partial charge < -0.3 is 9.47 Å². The lowest BCUT2D eigenvalue weighted by Crippen LogP contribution is -2.11. The highest BCUT2D eigenvalue weighted by atomic mass is 16.5. The van der Waals surface area contributed by atoms with Gasteiger partial charge in [0.2, 0.25) is 0 Å². The first-order valence-electron chi connectivity index (χ1n) is 8.03. The van der Waals surface area contributed by atoms with Crippen molar-refractivity contribution >= 4 is 0 Å². The second-order valence-electron chi connectivity index (χ2n) is 6.08. The molecule has 0 radical (unpaired) electrons. The highest BCUT2D eigenvalue weighted by Gasteiger charge is 2.08. The Labute approximate surface area is 134 Å². The monoisotopic (exact) mass is 298 g/mol. The molecule has 0 bridgehead atoms. The van der Waals surface area contributed by atoms with Gasteiger partial charge in [-0.1, -0.05) is 64.1 Å². The summed E-state index contributed by atoms with van der Waals surface area (Å²) in [7, 11) is 0. The van der Waals surface area contributed by atoms with Crippen molar-refractivity contribution < 1.29 is 9.47 Å². The van der Waals surface area contributed by atoms with Gasteiger partial charge in [-0.15, -0.1) is 0 Å². The standard InChI is InChI=1S/C20H26O2/c1-15(2)17-9-5-7-11-19(17)21-13-14-22-20-12-8-6-10-18(20)16(3)4/h5-12,15-16H,13-14H2,1-4H3. The van der Waals surface area contributed by atoms with E-state index in [2.05, 4.69) is 52.0 Å². The van der Waals surface area contributed by atoms with Crippen LogP contribution in [0.5, 0.6) is 11.5 Å². The summed E-state index contributed by atoms with van der Waals surface area (Å²) in [5, 5.41) is 0. The van der Waals surface area contributed by atoms with Crippen LogP contribution in [0.1, 0.15) is 50.7 Å². The van der Waals surface area contributed by atoms with E-state index in [1.807, 2.05) is 24.3 Å². The van der Waals surface area contributed by atoms with Crippen molar-refractivity contribution in [3.8, 4) is 11.5 Å². The van der Waals surface area contributed by atoms with Crippen molar-refractivity contribution in [3.63, 3.8) is 0 Å². The summed E-state index contributed by atoms with van der Waals surface area (Å²) in [4.78, 5) is 0. The zero-order valence-electron chi connectivity index (χ0n) is 14.0. The molecule has 0 atom stereocenters. The third-order valence-electron chi connectivity index (χ3n) is 3.68. The summed E-state index contributed by atoms with van der Waals surface area (Å²) < 4.78 is 11.8. The Kier molecular flexibility index (Phi) is 5.88. The minimum absolute atomic E-state index is 0.457. The van der Waals surface area contributed by atoms with E-state index in [0.29, 0.717) is 25.0 Å². The summed E-state index contributed by atoms with van der Waals surface area (Å²) in [5.41, 5.74) is 2.48. The molecule has 2 rings (SSSR count). The van der Waals surface area contributed by atoms with Gasteiger partial charge in [-0.25, -0.2) is 0 Å². The predicted molar refractivity (Wildman–Crippen MR) is 92.1 cm³/mol. The molecule has 2 nitrogen and oxygen atoms in total. The molecule has 0 fully saturated rings. The Morgan fingerprint density at radius 2 is 1.00 bits per heavy atom. The lowest BCUT2D eigenvalue weighted by atomic mass is 10.0. The molecule has 0 amide bonds. The maximum absolute atomic E-state index is 5.90. The molecule has 2 aromatic carbocycles. The fourth-order valence-corrected chi connectivity index (χ4v) is 2.48. The van der Waals surface area contributed by atoms with Crippen molar-refractivity contribution in [2.75, 3.05) is 13.2 Å². The Morgan fingerprint density at radius 3 is 1.36 bits per heavy atom. The molecular formula is C20H26O2. The van der Waals surface area contributed by atoms with Crippen LogP contribution in [0.4, 0.5) is 0 Å². The zero-order valence-corrected chi connectivity index (χ0v) is 14.0. The molecular weight excluding hydrogens is 272 g/mol. The van der Waals surface area contributed by atoms with Gasteiger partial charge in [0, 0.05) is 0 Å². The summed E-state index contributed by atoms with van der Waals surface area (Å²) in [6, 6.07) is 16.4. The average Bonchev–Trinajstić information content (AvgIpc) is 2.52. The van der Waals surface area contributed by atoms with Gasteiger partial charge in [-0.2, -0.15) is 0 Å². The fraction of sp³-hybridized carbons (Fsp3) is 0.400. The maximum Gasteiger partial charge on any atom is 0.122 e. The number of rotatable bonds is 7. The molecule has 22 heavy (non-hydrogen) atoms. The number of hydrogen-bond acceptors (Lipinski definition) is 2. The molecule has 2 heteroatoms. The predicted octanol–water partition coefficient (Wildman–Crippen LogP) is 5.39. The van der Waals surface area contributed by atoms with E-state index in [1.54, 1.807) is 0 Å². The van der Waals surface area contributed by atoms with Crippen LogP contribution >= 0.6 is 0 Å². The van der Waals surface area contributed by atoms with Gasteiger partial charge in [-0.05, 0) is 35.1 Å². The molecule has 0 heterocycles. The molecule has 0 saturated heterocycles. The first kappa shape index (κ1) is 16.4. The highest BCUT2D eigenvalue weighted by molar-refractivity contribution is 5.36.